The molecule has 1 saturated carbocycles. The van der Waals surface area contributed by atoms with E-state index in [1.807, 2.05) is 4.90 Å². The summed E-state index contributed by atoms with van der Waals surface area (Å²) in [4.78, 5) is 28.9. The van der Waals surface area contributed by atoms with Crippen LogP contribution in [0.15, 0.2) is 12.3 Å². The Labute approximate surface area is 142 Å². The SMILES string of the molecule is Cn1nccc1C(=O)N1CCC2(CCC(=O)N(CC3CC3)C2)CC1. The third kappa shape index (κ3) is 2.94. The van der Waals surface area contributed by atoms with Crippen LogP contribution < -0.4 is 0 Å². The van der Waals surface area contributed by atoms with Crippen molar-refractivity contribution in [3.8, 4) is 0 Å². The van der Waals surface area contributed by atoms with Crippen molar-refractivity contribution in [1.29, 1.82) is 0 Å². The normalized spacial score (nSPS) is 23.8. The molecule has 4 rings (SSSR count). The van der Waals surface area contributed by atoms with Gasteiger partial charge in [0.15, 0.2) is 0 Å². The lowest BCUT2D eigenvalue weighted by atomic mass is 9.72. The van der Waals surface area contributed by atoms with Gasteiger partial charge in [-0.05, 0) is 49.5 Å². The van der Waals surface area contributed by atoms with E-state index in [0.29, 0.717) is 18.0 Å². The smallest absolute Gasteiger partial charge is 0.272 e. The minimum Gasteiger partial charge on any atom is -0.342 e. The average molecular weight is 330 g/mol. The van der Waals surface area contributed by atoms with Gasteiger partial charge >= 0.3 is 0 Å². The van der Waals surface area contributed by atoms with Crippen LogP contribution in [-0.4, -0.2) is 57.6 Å². The van der Waals surface area contributed by atoms with Crippen LogP contribution in [-0.2, 0) is 11.8 Å². The highest BCUT2D eigenvalue weighted by molar-refractivity contribution is 5.92. The first kappa shape index (κ1) is 15.7. The molecule has 0 radical (unpaired) electrons. The quantitative estimate of drug-likeness (QED) is 0.847. The Kier molecular flexibility index (Phi) is 3.85. The van der Waals surface area contributed by atoms with Crippen LogP contribution in [0.3, 0.4) is 0 Å². The summed E-state index contributed by atoms with van der Waals surface area (Å²) in [6, 6.07) is 1.78. The number of piperidine rings is 2. The van der Waals surface area contributed by atoms with E-state index in [1.54, 1.807) is 24.0 Å². The summed E-state index contributed by atoms with van der Waals surface area (Å²) >= 11 is 0. The zero-order chi connectivity index (χ0) is 16.7. The Morgan fingerprint density at radius 3 is 2.67 bits per heavy atom. The molecule has 0 aromatic carbocycles. The molecule has 0 atom stereocenters. The van der Waals surface area contributed by atoms with Gasteiger partial charge in [-0.15, -0.1) is 0 Å². The Hall–Kier alpha value is -1.85. The summed E-state index contributed by atoms with van der Waals surface area (Å²) in [6.45, 7) is 3.43. The van der Waals surface area contributed by atoms with Gasteiger partial charge in [0.25, 0.3) is 5.91 Å². The maximum atomic E-state index is 12.6. The number of hydrogen-bond acceptors (Lipinski definition) is 3. The summed E-state index contributed by atoms with van der Waals surface area (Å²) in [5.74, 6) is 1.16. The molecule has 2 amide bonds. The van der Waals surface area contributed by atoms with Crippen molar-refractivity contribution in [2.45, 2.75) is 38.5 Å². The van der Waals surface area contributed by atoms with E-state index in [0.717, 1.165) is 51.4 Å². The second kappa shape index (κ2) is 5.90. The lowest BCUT2D eigenvalue weighted by molar-refractivity contribution is -0.139. The molecule has 3 fully saturated rings. The molecule has 1 aromatic rings. The molecule has 1 spiro atoms. The van der Waals surface area contributed by atoms with E-state index in [4.69, 9.17) is 0 Å². The van der Waals surface area contributed by atoms with Gasteiger partial charge in [-0.25, -0.2) is 0 Å². The van der Waals surface area contributed by atoms with E-state index >= 15 is 0 Å². The Balaban J connectivity index is 1.39. The Bertz CT molecular complexity index is 641. The minimum absolute atomic E-state index is 0.0755. The maximum absolute atomic E-state index is 12.6. The zero-order valence-corrected chi connectivity index (χ0v) is 14.4. The predicted molar refractivity (Wildman–Crippen MR) is 89.3 cm³/mol. The number of aromatic nitrogens is 2. The number of hydrogen-bond donors (Lipinski definition) is 0. The molecule has 6 heteroatoms. The van der Waals surface area contributed by atoms with E-state index < -0.39 is 0 Å². The second-order valence-corrected chi connectivity index (χ2v) is 7.85. The van der Waals surface area contributed by atoms with Gasteiger partial charge in [0.2, 0.25) is 5.91 Å². The Morgan fingerprint density at radius 2 is 2.04 bits per heavy atom. The van der Waals surface area contributed by atoms with Crippen molar-refractivity contribution >= 4 is 11.8 Å². The molecule has 0 bridgehead atoms. The number of carbonyl (C=O) groups is 2. The zero-order valence-electron chi connectivity index (χ0n) is 14.4. The van der Waals surface area contributed by atoms with Crippen LogP contribution in [0.1, 0.15) is 49.0 Å². The molecule has 130 valence electrons. The Morgan fingerprint density at radius 1 is 1.29 bits per heavy atom. The summed E-state index contributed by atoms with van der Waals surface area (Å²) < 4.78 is 1.64. The van der Waals surface area contributed by atoms with Crippen molar-refractivity contribution in [3.05, 3.63) is 18.0 Å². The highest BCUT2D eigenvalue weighted by Gasteiger charge is 2.43. The molecule has 2 aliphatic heterocycles. The van der Waals surface area contributed by atoms with E-state index in [2.05, 4.69) is 10.00 Å². The predicted octanol–water partition coefficient (Wildman–Crippen LogP) is 1.67. The lowest BCUT2D eigenvalue weighted by Gasteiger charge is -2.47. The van der Waals surface area contributed by atoms with Gasteiger partial charge in [-0.3, -0.25) is 14.3 Å². The number of nitrogens with zero attached hydrogens (tertiary/aromatic N) is 4. The molecule has 0 unspecified atom stereocenters. The first-order chi connectivity index (χ1) is 11.6. The summed E-state index contributed by atoms with van der Waals surface area (Å²) in [7, 11) is 1.81. The van der Waals surface area contributed by atoms with Crippen LogP contribution in [0, 0.1) is 11.3 Å². The third-order valence-corrected chi connectivity index (χ3v) is 6.08. The lowest BCUT2D eigenvalue weighted by Crippen LogP contribution is -2.52. The van der Waals surface area contributed by atoms with Crippen LogP contribution in [0.4, 0.5) is 0 Å². The molecule has 3 heterocycles. The van der Waals surface area contributed by atoms with E-state index in [1.165, 1.54) is 12.8 Å². The fourth-order valence-electron chi connectivity index (χ4n) is 4.22. The number of likely N-dealkylation sites (tertiary alicyclic amines) is 2. The van der Waals surface area contributed by atoms with Crippen molar-refractivity contribution in [2.75, 3.05) is 26.2 Å². The molecule has 3 aliphatic rings. The van der Waals surface area contributed by atoms with Gasteiger partial charge < -0.3 is 9.80 Å². The van der Waals surface area contributed by atoms with Gasteiger partial charge in [0.1, 0.15) is 5.69 Å². The maximum Gasteiger partial charge on any atom is 0.272 e. The summed E-state index contributed by atoms with van der Waals surface area (Å²) in [5, 5.41) is 4.09. The van der Waals surface area contributed by atoms with Gasteiger partial charge in [0, 0.05) is 45.8 Å². The third-order valence-electron chi connectivity index (χ3n) is 6.08. The standard InChI is InChI=1S/C18H26N4O2/c1-20-15(5-9-19-20)17(24)21-10-7-18(8-11-21)6-4-16(23)22(13-18)12-14-2-3-14/h5,9,14H,2-4,6-8,10-13H2,1H3. The molecule has 1 aromatic heterocycles. The highest BCUT2D eigenvalue weighted by atomic mass is 16.2. The molecular formula is C18H26N4O2. The molecule has 6 nitrogen and oxygen atoms in total. The largest absolute Gasteiger partial charge is 0.342 e. The van der Waals surface area contributed by atoms with Crippen molar-refractivity contribution in [1.82, 2.24) is 19.6 Å². The summed E-state index contributed by atoms with van der Waals surface area (Å²) in [5.41, 5.74) is 0.881. The average Bonchev–Trinajstić information content (AvgIpc) is 3.30. The van der Waals surface area contributed by atoms with Gasteiger partial charge in [-0.1, -0.05) is 0 Å². The monoisotopic (exact) mass is 330 g/mol. The topological polar surface area (TPSA) is 58.4 Å². The fraction of sp³-hybridized carbons (Fsp3) is 0.722. The number of carbonyl (C=O) groups excluding carboxylic acids is 2. The van der Waals surface area contributed by atoms with Gasteiger partial charge in [0.05, 0.1) is 0 Å². The van der Waals surface area contributed by atoms with Crippen molar-refractivity contribution < 1.29 is 9.59 Å². The molecule has 0 N–H and O–H groups in total. The number of amides is 2. The molecule has 24 heavy (non-hydrogen) atoms. The van der Waals surface area contributed by atoms with E-state index in [-0.39, 0.29) is 11.3 Å². The molecule has 1 aliphatic carbocycles. The van der Waals surface area contributed by atoms with Crippen LogP contribution in [0.25, 0.3) is 0 Å². The number of aryl methyl sites for hydroxylation is 1. The van der Waals surface area contributed by atoms with Crippen LogP contribution >= 0.6 is 0 Å². The van der Waals surface area contributed by atoms with Crippen molar-refractivity contribution in [2.24, 2.45) is 18.4 Å². The summed E-state index contributed by atoms with van der Waals surface area (Å²) in [6.07, 6.45) is 7.91. The first-order valence-electron chi connectivity index (χ1n) is 9.11. The van der Waals surface area contributed by atoms with E-state index in [9.17, 15) is 9.59 Å². The van der Waals surface area contributed by atoms with Crippen LogP contribution in [0.2, 0.25) is 0 Å². The molecule has 2 saturated heterocycles. The second-order valence-electron chi connectivity index (χ2n) is 7.85. The first-order valence-corrected chi connectivity index (χ1v) is 9.11. The molecular weight excluding hydrogens is 304 g/mol. The fourth-order valence-corrected chi connectivity index (χ4v) is 4.22. The van der Waals surface area contributed by atoms with Crippen molar-refractivity contribution in [3.63, 3.8) is 0 Å². The number of rotatable bonds is 3. The van der Waals surface area contributed by atoms with Gasteiger partial charge in [-0.2, -0.15) is 5.10 Å². The minimum atomic E-state index is 0.0755. The highest BCUT2D eigenvalue weighted by Crippen LogP contribution is 2.42. The van der Waals surface area contributed by atoms with Crippen LogP contribution in [0.5, 0.6) is 0 Å².